The van der Waals surface area contributed by atoms with Gasteiger partial charge >= 0.3 is 0 Å². The number of hydrogen-bond donors (Lipinski definition) is 1. The molecule has 1 aromatic rings. The van der Waals surface area contributed by atoms with E-state index in [2.05, 4.69) is 4.98 Å². The van der Waals surface area contributed by atoms with Gasteiger partial charge in [0.15, 0.2) is 0 Å². The number of aliphatic hydroxyl groups excluding tert-OH is 1. The molecule has 0 unspecified atom stereocenters. The van der Waals surface area contributed by atoms with Crippen LogP contribution in [-0.2, 0) is 0 Å². The van der Waals surface area contributed by atoms with Crippen molar-refractivity contribution in [3.63, 3.8) is 0 Å². The third-order valence-electron chi connectivity index (χ3n) is 1.58. The second-order valence-electron chi connectivity index (χ2n) is 2.48. The molecule has 58 valence electrons. The lowest BCUT2D eigenvalue weighted by Gasteiger charge is -2.01. The Hall–Kier alpha value is -1.31. The lowest BCUT2D eigenvalue weighted by atomic mass is 10.1. The van der Waals surface area contributed by atoms with E-state index in [0.717, 1.165) is 23.1 Å². The molecule has 1 aromatic heterocycles. The Kier molecular flexibility index (Phi) is 2.26. The maximum atomic E-state index is 8.71. The summed E-state index contributed by atoms with van der Waals surface area (Å²) >= 11 is 0. The predicted molar refractivity (Wildman–Crippen MR) is 45.3 cm³/mol. The molecule has 0 aliphatic rings. The summed E-state index contributed by atoms with van der Waals surface area (Å²) in [5.74, 6) is 0. The van der Waals surface area contributed by atoms with Gasteiger partial charge in [-0.05, 0) is 25.5 Å². The molecule has 0 fully saturated rings. The van der Waals surface area contributed by atoms with Crippen molar-refractivity contribution in [2.75, 3.05) is 0 Å². The van der Waals surface area contributed by atoms with E-state index in [9.17, 15) is 0 Å². The minimum atomic E-state index is 0.795. The van der Waals surface area contributed by atoms with Crippen molar-refractivity contribution in [3.8, 4) is 0 Å². The van der Waals surface area contributed by atoms with E-state index in [4.69, 9.17) is 5.11 Å². The Balaban J connectivity index is 3.14. The summed E-state index contributed by atoms with van der Waals surface area (Å²) in [6.45, 7) is 3.80. The van der Waals surface area contributed by atoms with Crippen LogP contribution in [0.5, 0.6) is 0 Å². The molecule has 2 nitrogen and oxygen atoms in total. The van der Waals surface area contributed by atoms with Crippen LogP contribution in [0, 0.1) is 6.92 Å². The maximum absolute atomic E-state index is 8.71. The highest BCUT2D eigenvalue weighted by Crippen LogP contribution is 2.13. The minimum absolute atomic E-state index is 0.795. The van der Waals surface area contributed by atoms with E-state index >= 15 is 0 Å². The number of rotatable bonds is 1. The molecule has 0 aliphatic heterocycles. The van der Waals surface area contributed by atoms with Crippen molar-refractivity contribution < 1.29 is 5.11 Å². The number of aromatic nitrogens is 1. The van der Waals surface area contributed by atoms with Crippen molar-refractivity contribution in [2.45, 2.75) is 13.8 Å². The highest BCUT2D eigenvalue weighted by molar-refractivity contribution is 5.61. The van der Waals surface area contributed by atoms with Crippen LogP contribution in [0.2, 0.25) is 0 Å². The first kappa shape index (κ1) is 7.79. The number of hydrogen-bond acceptors (Lipinski definition) is 2. The first-order valence-electron chi connectivity index (χ1n) is 3.48. The number of allylic oxidation sites excluding steroid dienone is 1. The third-order valence-corrected chi connectivity index (χ3v) is 1.58. The standard InChI is InChI=1S/C9H11NO/c1-7-4-3-5-10-9(7)8(2)6-11/h3-6,11H,1-2H3/b8-6-. The van der Waals surface area contributed by atoms with Crippen molar-refractivity contribution in [1.82, 2.24) is 4.98 Å². The maximum Gasteiger partial charge on any atom is 0.0842 e. The van der Waals surface area contributed by atoms with Crippen LogP contribution < -0.4 is 0 Å². The van der Waals surface area contributed by atoms with Gasteiger partial charge in [0, 0.05) is 11.8 Å². The zero-order valence-electron chi connectivity index (χ0n) is 6.70. The van der Waals surface area contributed by atoms with E-state index in [-0.39, 0.29) is 0 Å². The molecule has 0 saturated carbocycles. The first-order valence-corrected chi connectivity index (χ1v) is 3.48. The summed E-state index contributed by atoms with van der Waals surface area (Å²) < 4.78 is 0. The summed E-state index contributed by atoms with van der Waals surface area (Å²) in [6, 6.07) is 3.85. The zero-order chi connectivity index (χ0) is 8.27. The Labute approximate surface area is 66.2 Å². The van der Waals surface area contributed by atoms with Gasteiger partial charge in [0.1, 0.15) is 0 Å². The summed E-state index contributed by atoms with van der Waals surface area (Å²) in [7, 11) is 0. The lowest BCUT2D eigenvalue weighted by Crippen LogP contribution is -1.89. The number of nitrogens with zero attached hydrogens (tertiary/aromatic N) is 1. The smallest absolute Gasteiger partial charge is 0.0842 e. The van der Waals surface area contributed by atoms with Crippen molar-refractivity contribution in [3.05, 3.63) is 35.8 Å². The molecular weight excluding hydrogens is 138 g/mol. The highest BCUT2D eigenvalue weighted by Gasteiger charge is 1.99. The summed E-state index contributed by atoms with van der Waals surface area (Å²) in [6.07, 6.45) is 2.80. The fourth-order valence-corrected chi connectivity index (χ4v) is 0.960. The van der Waals surface area contributed by atoms with Gasteiger partial charge in [0.25, 0.3) is 0 Å². The van der Waals surface area contributed by atoms with E-state index in [1.807, 2.05) is 26.0 Å². The van der Waals surface area contributed by atoms with Gasteiger partial charge in [0.05, 0.1) is 12.0 Å². The normalized spacial score (nSPS) is 11.6. The molecule has 1 heterocycles. The van der Waals surface area contributed by atoms with Crippen molar-refractivity contribution in [1.29, 1.82) is 0 Å². The molecule has 0 aliphatic carbocycles. The van der Waals surface area contributed by atoms with Crippen molar-refractivity contribution in [2.24, 2.45) is 0 Å². The van der Waals surface area contributed by atoms with Gasteiger partial charge in [0.2, 0.25) is 0 Å². The molecular formula is C9H11NO. The monoisotopic (exact) mass is 149 g/mol. The van der Waals surface area contributed by atoms with E-state index in [0.29, 0.717) is 0 Å². The first-order chi connectivity index (χ1) is 5.25. The molecule has 1 rings (SSSR count). The second-order valence-corrected chi connectivity index (χ2v) is 2.48. The average Bonchev–Trinajstić information content (AvgIpc) is 2.04. The Morgan fingerprint density at radius 1 is 1.64 bits per heavy atom. The molecule has 0 radical (unpaired) electrons. The van der Waals surface area contributed by atoms with Gasteiger partial charge in [-0.25, -0.2) is 0 Å². The average molecular weight is 149 g/mol. The Morgan fingerprint density at radius 3 is 2.91 bits per heavy atom. The van der Waals surface area contributed by atoms with Gasteiger partial charge < -0.3 is 5.11 Å². The zero-order valence-corrected chi connectivity index (χ0v) is 6.70. The van der Waals surface area contributed by atoms with Gasteiger partial charge in [-0.2, -0.15) is 0 Å². The summed E-state index contributed by atoms with van der Waals surface area (Å²) in [4.78, 5) is 4.12. The van der Waals surface area contributed by atoms with Crippen molar-refractivity contribution >= 4 is 5.57 Å². The highest BCUT2D eigenvalue weighted by atomic mass is 16.2. The molecule has 11 heavy (non-hydrogen) atoms. The van der Waals surface area contributed by atoms with E-state index in [1.54, 1.807) is 6.20 Å². The van der Waals surface area contributed by atoms with Crippen LogP contribution in [0.15, 0.2) is 24.6 Å². The summed E-state index contributed by atoms with van der Waals surface area (Å²) in [5, 5.41) is 8.71. The van der Waals surface area contributed by atoms with Crippen LogP contribution >= 0.6 is 0 Å². The molecule has 0 saturated heterocycles. The predicted octanol–water partition coefficient (Wildman–Crippen LogP) is 2.31. The molecule has 0 amide bonds. The van der Waals surface area contributed by atoms with Crippen LogP contribution in [0.25, 0.3) is 5.57 Å². The lowest BCUT2D eigenvalue weighted by molar-refractivity contribution is 0.475. The number of pyridine rings is 1. The largest absolute Gasteiger partial charge is 0.515 e. The summed E-state index contributed by atoms with van der Waals surface area (Å²) in [5.41, 5.74) is 2.73. The quantitative estimate of drug-likeness (QED) is 0.621. The topological polar surface area (TPSA) is 33.1 Å². The van der Waals surface area contributed by atoms with E-state index < -0.39 is 0 Å². The van der Waals surface area contributed by atoms with Crippen LogP contribution in [0.4, 0.5) is 0 Å². The molecule has 0 bridgehead atoms. The third kappa shape index (κ3) is 1.58. The van der Waals surface area contributed by atoms with E-state index in [1.165, 1.54) is 0 Å². The van der Waals surface area contributed by atoms with Gasteiger partial charge in [-0.3, -0.25) is 4.98 Å². The fourth-order valence-electron chi connectivity index (χ4n) is 0.960. The Bertz CT molecular complexity index is 279. The van der Waals surface area contributed by atoms with Gasteiger partial charge in [-0.15, -0.1) is 0 Å². The van der Waals surface area contributed by atoms with Crippen LogP contribution in [0.3, 0.4) is 0 Å². The van der Waals surface area contributed by atoms with Crippen LogP contribution in [0.1, 0.15) is 18.2 Å². The van der Waals surface area contributed by atoms with Gasteiger partial charge in [-0.1, -0.05) is 6.07 Å². The fraction of sp³-hybridized carbons (Fsp3) is 0.222. The molecule has 0 spiro atoms. The minimum Gasteiger partial charge on any atom is -0.515 e. The molecule has 0 aromatic carbocycles. The van der Waals surface area contributed by atoms with Crippen LogP contribution in [-0.4, -0.2) is 10.1 Å². The number of aliphatic hydroxyl groups is 1. The number of aryl methyl sites for hydroxylation is 1. The molecule has 2 heteroatoms. The second kappa shape index (κ2) is 3.19. The Morgan fingerprint density at radius 2 is 2.36 bits per heavy atom. The SMILES string of the molecule is C/C(=C/O)c1ncccc1C. The molecule has 0 atom stereocenters. The molecule has 1 N–H and O–H groups in total.